The predicted octanol–water partition coefficient (Wildman–Crippen LogP) is 3.55. The summed E-state index contributed by atoms with van der Waals surface area (Å²) in [5.74, 6) is 1.47. The van der Waals surface area contributed by atoms with E-state index in [1.807, 2.05) is 78.7 Å². The number of carbonyl (C=O) groups is 1. The molecule has 1 aliphatic heterocycles. The Labute approximate surface area is 158 Å². The van der Waals surface area contributed by atoms with Crippen molar-refractivity contribution in [2.75, 3.05) is 32.1 Å². The number of nitrogens with one attached hydrogen (secondary N) is 1. The summed E-state index contributed by atoms with van der Waals surface area (Å²) < 4.78 is 11.7. The molecular weight excluding hydrogens is 340 g/mol. The summed E-state index contributed by atoms with van der Waals surface area (Å²) in [5, 5.41) is 5.16. The number of nitrogens with zero attached hydrogens (tertiary/aromatic N) is 1. The van der Waals surface area contributed by atoms with Gasteiger partial charge in [-0.15, -0.1) is 0 Å². The Morgan fingerprint density at radius 3 is 2.67 bits per heavy atom. The van der Waals surface area contributed by atoms with Crippen molar-refractivity contribution in [1.29, 1.82) is 0 Å². The lowest BCUT2D eigenvalue weighted by Crippen LogP contribution is -2.42. The second-order valence-corrected chi connectivity index (χ2v) is 6.77. The highest BCUT2D eigenvalue weighted by atomic mass is 16.6. The summed E-state index contributed by atoms with van der Waals surface area (Å²) in [6.07, 6.45) is -0.102. The molecule has 0 fully saturated rings. The Morgan fingerprint density at radius 2 is 1.78 bits per heavy atom. The van der Waals surface area contributed by atoms with Crippen molar-refractivity contribution < 1.29 is 14.3 Å². The number of rotatable bonds is 5. The van der Waals surface area contributed by atoms with Gasteiger partial charge < -0.3 is 14.8 Å². The monoisotopic (exact) mass is 362 g/mol. The largest absolute Gasteiger partial charge is 0.486 e. The summed E-state index contributed by atoms with van der Waals surface area (Å²) in [7, 11) is 1.91. The van der Waals surface area contributed by atoms with Crippen LogP contribution in [-0.2, 0) is 4.79 Å². The number of benzene rings is 3. The highest BCUT2D eigenvalue weighted by Gasteiger charge is 2.22. The van der Waals surface area contributed by atoms with Gasteiger partial charge in [0.15, 0.2) is 11.5 Å². The number of hydrogen-bond acceptors (Lipinski definition) is 4. The summed E-state index contributed by atoms with van der Waals surface area (Å²) in [6.45, 7) is 1.37. The molecule has 138 valence electrons. The third-order valence-corrected chi connectivity index (χ3v) is 4.56. The van der Waals surface area contributed by atoms with E-state index in [9.17, 15) is 4.79 Å². The van der Waals surface area contributed by atoms with Gasteiger partial charge in [-0.05, 0) is 30.6 Å². The Bertz CT molecular complexity index is 952. The molecule has 1 unspecified atom stereocenters. The van der Waals surface area contributed by atoms with Gasteiger partial charge >= 0.3 is 0 Å². The maximum absolute atomic E-state index is 12.5. The average Bonchev–Trinajstić information content (AvgIpc) is 2.68. The standard InChI is InChI=1S/C22H22N2O3/c1-24(13-17-15-26-20-11-4-5-12-21(20)27-17)14-22(25)23-19-10-6-8-16-7-2-3-9-18(16)19/h2-12,17H,13-15H2,1H3,(H,23,25). The fourth-order valence-electron chi connectivity index (χ4n) is 3.33. The maximum Gasteiger partial charge on any atom is 0.238 e. The van der Waals surface area contributed by atoms with Gasteiger partial charge in [-0.2, -0.15) is 0 Å². The first-order valence-electron chi connectivity index (χ1n) is 9.04. The third-order valence-electron chi connectivity index (χ3n) is 4.56. The van der Waals surface area contributed by atoms with Crippen LogP contribution < -0.4 is 14.8 Å². The summed E-state index contributed by atoms with van der Waals surface area (Å²) >= 11 is 0. The van der Waals surface area contributed by atoms with Gasteiger partial charge in [0.2, 0.25) is 5.91 Å². The van der Waals surface area contributed by atoms with Crippen LogP contribution in [0, 0.1) is 0 Å². The molecule has 1 heterocycles. The van der Waals surface area contributed by atoms with Crippen LogP contribution in [0.2, 0.25) is 0 Å². The molecule has 0 saturated carbocycles. The molecule has 0 spiro atoms. The molecule has 5 heteroatoms. The summed E-state index contributed by atoms with van der Waals surface area (Å²) in [6, 6.07) is 21.6. The molecule has 1 aliphatic rings. The van der Waals surface area contributed by atoms with E-state index >= 15 is 0 Å². The lowest BCUT2D eigenvalue weighted by atomic mass is 10.1. The lowest BCUT2D eigenvalue weighted by molar-refractivity contribution is -0.117. The third kappa shape index (κ3) is 4.04. The van der Waals surface area contributed by atoms with Crippen molar-refractivity contribution in [1.82, 2.24) is 4.90 Å². The molecule has 0 aliphatic carbocycles. The molecule has 5 nitrogen and oxygen atoms in total. The number of carbonyl (C=O) groups excluding carboxylic acids is 1. The number of anilines is 1. The van der Waals surface area contributed by atoms with Crippen LogP contribution in [0.4, 0.5) is 5.69 Å². The molecular formula is C22H22N2O3. The predicted molar refractivity (Wildman–Crippen MR) is 106 cm³/mol. The van der Waals surface area contributed by atoms with Gasteiger partial charge in [0.25, 0.3) is 0 Å². The zero-order chi connectivity index (χ0) is 18.6. The zero-order valence-corrected chi connectivity index (χ0v) is 15.2. The molecule has 0 bridgehead atoms. The minimum atomic E-state index is -0.102. The Kier molecular flexibility index (Phi) is 4.94. The van der Waals surface area contributed by atoms with Gasteiger partial charge in [0.1, 0.15) is 12.7 Å². The van der Waals surface area contributed by atoms with E-state index in [0.717, 1.165) is 28.0 Å². The quantitative estimate of drug-likeness (QED) is 0.754. The van der Waals surface area contributed by atoms with E-state index in [2.05, 4.69) is 5.32 Å². The van der Waals surface area contributed by atoms with Gasteiger partial charge in [0.05, 0.1) is 6.54 Å². The SMILES string of the molecule is CN(CC(=O)Nc1cccc2ccccc12)CC1COc2ccccc2O1. The fourth-order valence-corrected chi connectivity index (χ4v) is 3.33. The van der Waals surface area contributed by atoms with Crippen LogP contribution in [0.25, 0.3) is 10.8 Å². The first-order chi connectivity index (χ1) is 13.2. The van der Waals surface area contributed by atoms with Crippen molar-refractivity contribution in [3.63, 3.8) is 0 Å². The van der Waals surface area contributed by atoms with Crippen LogP contribution in [0.1, 0.15) is 0 Å². The number of para-hydroxylation sites is 2. The maximum atomic E-state index is 12.5. The van der Waals surface area contributed by atoms with Crippen LogP contribution in [0.3, 0.4) is 0 Å². The molecule has 0 aromatic heterocycles. The van der Waals surface area contributed by atoms with Gasteiger partial charge in [-0.1, -0.05) is 48.5 Å². The average molecular weight is 362 g/mol. The molecule has 27 heavy (non-hydrogen) atoms. The number of hydrogen-bond donors (Lipinski definition) is 1. The fraction of sp³-hybridized carbons (Fsp3) is 0.227. The molecule has 1 amide bonds. The number of fused-ring (bicyclic) bond motifs is 2. The van der Waals surface area contributed by atoms with Crippen molar-refractivity contribution >= 4 is 22.4 Å². The topological polar surface area (TPSA) is 50.8 Å². The van der Waals surface area contributed by atoms with Gasteiger partial charge in [0, 0.05) is 17.6 Å². The van der Waals surface area contributed by atoms with Crippen LogP contribution in [0.15, 0.2) is 66.7 Å². The lowest BCUT2D eigenvalue weighted by Gasteiger charge is -2.29. The van der Waals surface area contributed by atoms with E-state index < -0.39 is 0 Å². The smallest absolute Gasteiger partial charge is 0.238 e. The second kappa shape index (κ2) is 7.68. The summed E-state index contributed by atoms with van der Waals surface area (Å²) in [4.78, 5) is 14.4. The van der Waals surface area contributed by atoms with Crippen LogP contribution >= 0.6 is 0 Å². The van der Waals surface area contributed by atoms with E-state index in [-0.39, 0.29) is 18.6 Å². The minimum absolute atomic E-state index is 0.0500. The second-order valence-electron chi connectivity index (χ2n) is 6.77. The van der Waals surface area contributed by atoms with Gasteiger partial charge in [-0.3, -0.25) is 9.69 Å². The van der Waals surface area contributed by atoms with E-state index in [1.54, 1.807) is 0 Å². The molecule has 0 saturated heterocycles. The first kappa shape index (κ1) is 17.4. The molecule has 1 N–H and O–H groups in total. The van der Waals surface area contributed by atoms with Crippen LogP contribution in [0.5, 0.6) is 11.5 Å². The molecule has 3 aromatic rings. The minimum Gasteiger partial charge on any atom is -0.486 e. The van der Waals surface area contributed by atoms with E-state index in [1.165, 1.54) is 0 Å². The van der Waals surface area contributed by atoms with Gasteiger partial charge in [-0.25, -0.2) is 0 Å². The van der Waals surface area contributed by atoms with Crippen molar-refractivity contribution in [2.45, 2.75) is 6.10 Å². The molecule has 0 radical (unpaired) electrons. The summed E-state index contributed by atoms with van der Waals surface area (Å²) in [5.41, 5.74) is 0.831. The normalized spacial score (nSPS) is 15.7. The first-order valence-corrected chi connectivity index (χ1v) is 9.04. The van der Waals surface area contributed by atoms with Crippen LogP contribution in [-0.4, -0.2) is 43.7 Å². The Morgan fingerprint density at radius 1 is 1.04 bits per heavy atom. The number of ether oxygens (including phenoxy) is 2. The molecule has 3 aromatic carbocycles. The zero-order valence-electron chi connectivity index (χ0n) is 15.2. The Hall–Kier alpha value is -3.05. The number of amides is 1. The molecule has 1 atom stereocenters. The number of likely N-dealkylation sites (N-methyl/N-ethyl adjacent to an activating group) is 1. The Balaban J connectivity index is 1.34. The van der Waals surface area contributed by atoms with Crippen molar-refractivity contribution in [2.24, 2.45) is 0 Å². The van der Waals surface area contributed by atoms with Crippen molar-refractivity contribution in [3.05, 3.63) is 66.7 Å². The van der Waals surface area contributed by atoms with E-state index in [4.69, 9.17) is 9.47 Å². The highest BCUT2D eigenvalue weighted by molar-refractivity contribution is 6.02. The highest BCUT2D eigenvalue weighted by Crippen LogP contribution is 2.31. The van der Waals surface area contributed by atoms with Crippen molar-refractivity contribution in [3.8, 4) is 11.5 Å². The molecule has 4 rings (SSSR count). The van der Waals surface area contributed by atoms with E-state index in [0.29, 0.717) is 13.2 Å².